The van der Waals surface area contributed by atoms with E-state index in [4.69, 9.17) is 10.6 Å². The van der Waals surface area contributed by atoms with E-state index in [0.29, 0.717) is 17.1 Å². The van der Waals surface area contributed by atoms with Crippen molar-refractivity contribution in [1.82, 2.24) is 4.98 Å². The van der Waals surface area contributed by atoms with E-state index in [0.717, 1.165) is 5.56 Å². The molecular weight excluding hydrogens is 260 g/mol. The van der Waals surface area contributed by atoms with Gasteiger partial charge in [0.15, 0.2) is 0 Å². The first-order valence-electron chi connectivity index (χ1n) is 5.87. The summed E-state index contributed by atoms with van der Waals surface area (Å²) in [6.07, 6.45) is 1.50. The molecule has 0 spiro atoms. The molecule has 0 aliphatic carbocycles. The van der Waals surface area contributed by atoms with Gasteiger partial charge in [0.2, 0.25) is 5.75 Å². The zero-order valence-electron chi connectivity index (χ0n) is 11.1. The number of benzene rings is 1. The Bertz CT molecular complexity index is 658. The number of nitrogens with one attached hydrogen (secondary N) is 1. The van der Waals surface area contributed by atoms with Crippen molar-refractivity contribution in [1.29, 1.82) is 0 Å². The first kappa shape index (κ1) is 13.8. The Morgan fingerprint density at radius 1 is 1.35 bits per heavy atom. The molecule has 0 radical (unpaired) electrons. The summed E-state index contributed by atoms with van der Waals surface area (Å²) in [6.45, 7) is 3.56. The highest BCUT2D eigenvalue weighted by Crippen LogP contribution is 2.35. The maximum absolute atomic E-state index is 11.1. The molecule has 2 aromatic rings. The van der Waals surface area contributed by atoms with Crippen molar-refractivity contribution in [2.45, 2.75) is 13.8 Å². The van der Waals surface area contributed by atoms with Crippen LogP contribution in [0.25, 0.3) is 0 Å². The van der Waals surface area contributed by atoms with Crippen LogP contribution in [-0.4, -0.2) is 9.91 Å². The zero-order valence-corrected chi connectivity index (χ0v) is 11.1. The van der Waals surface area contributed by atoms with E-state index in [-0.39, 0.29) is 11.4 Å². The average Bonchev–Trinajstić information content (AvgIpc) is 2.41. The molecule has 0 amide bonds. The van der Waals surface area contributed by atoms with Crippen molar-refractivity contribution >= 4 is 11.5 Å². The number of hydrogen-bond donors (Lipinski definition) is 2. The van der Waals surface area contributed by atoms with E-state index in [2.05, 4.69) is 10.4 Å². The van der Waals surface area contributed by atoms with Crippen molar-refractivity contribution in [2.75, 3.05) is 5.43 Å². The van der Waals surface area contributed by atoms with Gasteiger partial charge in [0.25, 0.3) is 0 Å². The quantitative estimate of drug-likeness (QED) is 0.504. The molecule has 7 heteroatoms. The number of hydrazine groups is 1. The van der Waals surface area contributed by atoms with Crippen LogP contribution in [-0.2, 0) is 0 Å². The Morgan fingerprint density at radius 2 is 2.10 bits per heavy atom. The molecule has 0 atom stereocenters. The summed E-state index contributed by atoms with van der Waals surface area (Å²) in [7, 11) is 0. The summed E-state index contributed by atoms with van der Waals surface area (Å²) in [6, 6.07) is 6.46. The Labute approximate surface area is 115 Å². The molecule has 0 unspecified atom stereocenters. The average molecular weight is 274 g/mol. The number of nitro groups is 1. The first-order valence-corrected chi connectivity index (χ1v) is 5.87. The van der Waals surface area contributed by atoms with Gasteiger partial charge in [0.1, 0.15) is 11.6 Å². The molecule has 7 nitrogen and oxygen atoms in total. The molecule has 0 saturated heterocycles. The van der Waals surface area contributed by atoms with Crippen LogP contribution in [0.2, 0.25) is 0 Å². The topological polar surface area (TPSA) is 103 Å². The maximum atomic E-state index is 11.1. The summed E-state index contributed by atoms with van der Waals surface area (Å²) in [4.78, 5) is 14.6. The molecule has 1 aromatic heterocycles. The molecule has 0 saturated carbocycles. The highest BCUT2D eigenvalue weighted by Gasteiger charge is 2.19. The number of aromatic nitrogens is 1. The van der Waals surface area contributed by atoms with E-state index < -0.39 is 4.92 Å². The molecule has 0 aliphatic heterocycles. The number of nitrogens with two attached hydrogens (primary N) is 1. The van der Waals surface area contributed by atoms with Gasteiger partial charge < -0.3 is 10.2 Å². The summed E-state index contributed by atoms with van der Waals surface area (Å²) in [5.41, 5.74) is 3.82. The normalized spacial score (nSPS) is 10.2. The number of nitro benzene ring substituents is 1. The Kier molecular flexibility index (Phi) is 3.81. The van der Waals surface area contributed by atoms with Gasteiger partial charge in [0.05, 0.1) is 4.92 Å². The van der Waals surface area contributed by atoms with Crippen molar-refractivity contribution in [3.63, 3.8) is 0 Å². The fourth-order valence-corrected chi connectivity index (χ4v) is 1.87. The molecular formula is C13H14N4O3. The lowest BCUT2D eigenvalue weighted by Gasteiger charge is -2.10. The standard InChI is InChI=1S/C13H14N4O3/c1-8-5-9(2)13(11(6-8)17(18)19)20-10-3-4-15-12(7-10)16-14/h3-7H,14H2,1-2H3,(H,15,16). The van der Waals surface area contributed by atoms with Gasteiger partial charge in [-0.05, 0) is 31.0 Å². The molecule has 0 fully saturated rings. The molecule has 1 aromatic carbocycles. The fourth-order valence-electron chi connectivity index (χ4n) is 1.87. The van der Waals surface area contributed by atoms with Gasteiger partial charge in [-0.1, -0.05) is 6.07 Å². The van der Waals surface area contributed by atoms with Crippen LogP contribution in [0.1, 0.15) is 11.1 Å². The second-order valence-electron chi connectivity index (χ2n) is 4.31. The highest BCUT2D eigenvalue weighted by atomic mass is 16.6. The third-order valence-corrected chi connectivity index (χ3v) is 2.70. The smallest absolute Gasteiger partial charge is 0.312 e. The van der Waals surface area contributed by atoms with Crippen LogP contribution >= 0.6 is 0 Å². The van der Waals surface area contributed by atoms with Crippen molar-refractivity contribution in [3.8, 4) is 11.5 Å². The van der Waals surface area contributed by atoms with E-state index in [1.54, 1.807) is 26.0 Å². The summed E-state index contributed by atoms with van der Waals surface area (Å²) < 4.78 is 5.62. The van der Waals surface area contributed by atoms with E-state index in [1.165, 1.54) is 12.3 Å². The second kappa shape index (κ2) is 5.54. The lowest BCUT2D eigenvalue weighted by atomic mass is 10.1. The number of pyridine rings is 1. The van der Waals surface area contributed by atoms with Gasteiger partial charge in [-0.3, -0.25) is 10.1 Å². The predicted molar refractivity (Wildman–Crippen MR) is 74.7 cm³/mol. The first-order chi connectivity index (χ1) is 9.51. The molecule has 20 heavy (non-hydrogen) atoms. The van der Waals surface area contributed by atoms with Crippen molar-refractivity contribution < 1.29 is 9.66 Å². The summed E-state index contributed by atoms with van der Waals surface area (Å²) >= 11 is 0. The molecule has 3 N–H and O–H groups in total. The molecule has 1 heterocycles. The Hall–Kier alpha value is -2.67. The van der Waals surface area contributed by atoms with E-state index in [9.17, 15) is 10.1 Å². The minimum atomic E-state index is -0.460. The Morgan fingerprint density at radius 3 is 2.75 bits per heavy atom. The third kappa shape index (κ3) is 2.83. The number of aryl methyl sites for hydroxylation is 2. The predicted octanol–water partition coefficient (Wildman–Crippen LogP) is 2.68. The van der Waals surface area contributed by atoms with Gasteiger partial charge in [0, 0.05) is 18.3 Å². The van der Waals surface area contributed by atoms with Gasteiger partial charge in [-0.2, -0.15) is 0 Å². The monoisotopic (exact) mass is 274 g/mol. The Balaban J connectivity index is 2.44. The van der Waals surface area contributed by atoms with Gasteiger partial charge in [-0.15, -0.1) is 0 Å². The SMILES string of the molecule is Cc1cc(C)c(Oc2ccnc(NN)c2)c([N+](=O)[O-])c1. The number of anilines is 1. The van der Waals surface area contributed by atoms with E-state index in [1.807, 2.05) is 6.07 Å². The second-order valence-corrected chi connectivity index (χ2v) is 4.31. The van der Waals surface area contributed by atoms with Crippen LogP contribution in [0.3, 0.4) is 0 Å². The maximum Gasteiger partial charge on any atom is 0.312 e. The van der Waals surface area contributed by atoms with Crippen LogP contribution in [0.15, 0.2) is 30.5 Å². The van der Waals surface area contributed by atoms with Crippen LogP contribution in [0.4, 0.5) is 11.5 Å². The molecule has 0 aliphatic rings. The van der Waals surface area contributed by atoms with E-state index >= 15 is 0 Å². The summed E-state index contributed by atoms with van der Waals surface area (Å²) in [5.74, 6) is 6.31. The lowest BCUT2D eigenvalue weighted by Crippen LogP contribution is -2.08. The number of rotatable bonds is 4. The molecule has 2 rings (SSSR count). The van der Waals surface area contributed by atoms with Crippen molar-refractivity contribution in [3.05, 3.63) is 51.7 Å². The molecule has 0 bridgehead atoms. The zero-order chi connectivity index (χ0) is 14.7. The minimum Gasteiger partial charge on any atom is -0.450 e. The third-order valence-electron chi connectivity index (χ3n) is 2.70. The van der Waals surface area contributed by atoms with Crippen molar-refractivity contribution in [2.24, 2.45) is 5.84 Å². The fraction of sp³-hybridized carbons (Fsp3) is 0.154. The highest BCUT2D eigenvalue weighted by molar-refractivity contribution is 5.55. The number of nitrogens with zero attached hydrogens (tertiary/aromatic N) is 2. The van der Waals surface area contributed by atoms with Crippen LogP contribution in [0.5, 0.6) is 11.5 Å². The summed E-state index contributed by atoms with van der Waals surface area (Å²) in [5, 5.41) is 11.1. The number of nitrogen functional groups attached to an aromatic ring is 1. The van der Waals surface area contributed by atoms with Gasteiger partial charge in [-0.25, -0.2) is 10.8 Å². The van der Waals surface area contributed by atoms with Gasteiger partial charge >= 0.3 is 5.69 Å². The number of ether oxygens (including phenoxy) is 1. The lowest BCUT2D eigenvalue weighted by molar-refractivity contribution is -0.385. The number of hydrogen-bond acceptors (Lipinski definition) is 6. The minimum absolute atomic E-state index is 0.0680. The van der Waals surface area contributed by atoms with Crippen LogP contribution in [0, 0.1) is 24.0 Å². The van der Waals surface area contributed by atoms with Crippen LogP contribution < -0.4 is 16.0 Å². The largest absolute Gasteiger partial charge is 0.450 e. The molecule has 104 valence electrons.